The molecule has 1 aliphatic rings. The third-order valence-electron chi connectivity index (χ3n) is 3.29. The molecule has 1 aromatic rings. The summed E-state index contributed by atoms with van der Waals surface area (Å²) < 4.78 is 38.7. The van der Waals surface area contributed by atoms with E-state index < -0.39 is 12.3 Å². The van der Waals surface area contributed by atoms with E-state index in [0.717, 1.165) is 18.5 Å². The Bertz CT molecular complexity index is 701. The van der Waals surface area contributed by atoms with E-state index in [1.807, 2.05) is 0 Å². The standard InChI is InChI=1S/C9H13N3O3.C8H8F3NO/c1-6(11-5-13)12-8(9(14)15)10-4-7-2-3-7;1-12-6-2-4-7(5-3-6)13-8(9,10)11/h5,7H,1-4H2,(H,10,12)(H,11,13)(H,14,15);2-5,12H,1H3. The number of amides is 1. The highest BCUT2D eigenvalue weighted by molar-refractivity contribution is 6.34. The van der Waals surface area contributed by atoms with E-state index in [9.17, 15) is 22.8 Å². The summed E-state index contributed by atoms with van der Waals surface area (Å²) in [5.74, 6) is -0.965. The maximum Gasteiger partial charge on any atom is 0.573 e. The second kappa shape index (κ2) is 10.8. The van der Waals surface area contributed by atoms with E-state index in [1.54, 1.807) is 7.05 Å². The van der Waals surface area contributed by atoms with Gasteiger partial charge in [-0.2, -0.15) is 0 Å². The first-order valence-corrected chi connectivity index (χ1v) is 8.12. The Labute approximate surface area is 159 Å². The molecule has 1 amide bonds. The van der Waals surface area contributed by atoms with Crippen molar-refractivity contribution in [2.75, 3.05) is 18.9 Å². The third-order valence-corrected chi connectivity index (χ3v) is 3.29. The molecular weight excluding hydrogens is 381 g/mol. The average molecular weight is 402 g/mol. The maximum absolute atomic E-state index is 11.7. The van der Waals surface area contributed by atoms with Crippen LogP contribution in [-0.2, 0) is 9.59 Å². The molecule has 1 fully saturated rings. The number of nitrogens with one attached hydrogen (secondary N) is 3. The van der Waals surface area contributed by atoms with Crippen LogP contribution in [0.4, 0.5) is 18.9 Å². The topological polar surface area (TPSA) is 112 Å². The molecule has 0 unspecified atom stereocenters. The number of alkyl halides is 3. The number of carboxylic acid groups (broad SMARTS) is 1. The van der Waals surface area contributed by atoms with Crippen LogP contribution in [0.5, 0.6) is 5.75 Å². The van der Waals surface area contributed by atoms with E-state index in [0.29, 0.717) is 18.9 Å². The number of halogens is 3. The summed E-state index contributed by atoms with van der Waals surface area (Å²) in [7, 11) is 1.68. The van der Waals surface area contributed by atoms with Gasteiger partial charge in [-0.25, -0.2) is 4.79 Å². The summed E-state index contributed by atoms with van der Waals surface area (Å²) in [5.41, 5.74) is 0.731. The first kappa shape index (κ1) is 22.8. The number of hydrogen-bond acceptors (Lipinski definition) is 5. The Kier molecular flexibility index (Phi) is 8.79. The molecule has 0 saturated heterocycles. The lowest BCUT2D eigenvalue weighted by molar-refractivity contribution is -0.274. The monoisotopic (exact) mass is 402 g/mol. The van der Waals surface area contributed by atoms with Crippen molar-refractivity contribution in [2.24, 2.45) is 10.9 Å². The number of carbonyl (C=O) groups is 2. The van der Waals surface area contributed by atoms with Gasteiger partial charge in [0.15, 0.2) is 0 Å². The van der Waals surface area contributed by atoms with E-state index >= 15 is 0 Å². The highest BCUT2D eigenvalue weighted by atomic mass is 19.4. The summed E-state index contributed by atoms with van der Waals surface area (Å²) in [6.45, 7) is 3.91. The number of carboxylic acids is 1. The van der Waals surface area contributed by atoms with Gasteiger partial charge in [0.2, 0.25) is 12.2 Å². The maximum atomic E-state index is 11.7. The SMILES string of the molecule is C=C(NC=O)NC(=NCC1CC1)C(=O)O.CNc1ccc(OC(F)(F)F)cc1. The Morgan fingerprint density at radius 3 is 2.39 bits per heavy atom. The molecule has 0 aromatic heterocycles. The molecule has 4 N–H and O–H groups in total. The van der Waals surface area contributed by atoms with Crippen LogP contribution in [0.1, 0.15) is 12.8 Å². The second-order valence-electron chi connectivity index (χ2n) is 5.63. The molecule has 1 aliphatic carbocycles. The van der Waals surface area contributed by atoms with Crippen LogP contribution in [0.25, 0.3) is 0 Å². The van der Waals surface area contributed by atoms with Crippen LogP contribution < -0.4 is 20.7 Å². The van der Waals surface area contributed by atoms with Gasteiger partial charge in [-0.3, -0.25) is 9.79 Å². The third kappa shape index (κ3) is 10.0. The van der Waals surface area contributed by atoms with E-state index in [2.05, 4.69) is 32.3 Å². The van der Waals surface area contributed by atoms with Gasteiger partial charge in [-0.15, -0.1) is 13.2 Å². The Morgan fingerprint density at radius 2 is 1.96 bits per heavy atom. The summed E-state index contributed by atoms with van der Waals surface area (Å²) >= 11 is 0. The molecule has 0 aliphatic heterocycles. The summed E-state index contributed by atoms with van der Waals surface area (Å²) in [6.07, 6.45) is -2.01. The molecule has 0 radical (unpaired) electrons. The zero-order valence-electron chi connectivity index (χ0n) is 15.0. The molecule has 0 spiro atoms. The Morgan fingerprint density at radius 1 is 1.36 bits per heavy atom. The summed E-state index contributed by atoms with van der Waals surface area (Å²) in [4.78, 5) is 24.7. The summed E-state index contributed by atoms with van der Waals surface area (Å²) in [5, 5.41) is 16.2. The normalized spacial score (nSPS) is 13.5. The number of rotatable bonds is 7. The van der Waals surface area contributed by atoms with Gasteiger partial charge in [0.05, 0.1) is 0 Å². The van der Waals surface area contributed by atoms with Gasteiger partial charge in [0.25, 0.3) is 0 Å². The van der Waals surface area contributed by atoms with E-state index in [4.69, 9.17) is 5.11 Å². The van der Waals surface area contributed by atoms with Crippen molar-refractivity contribution in [1.82, 2.24) is 10.6 Å². The lowest BCUT2D eigenvalue weighted by Crippen LogP contribution is -2.35. The molecule has 0 bridgehead atoms. The number of amidine groups is 1. The molecule has 8 nitrogen and oxygen atoms in total. The van der Waals surface area contributed by atoms with Gasteiger partial charge < -0.3 is 25.8 Å². The smallest absolute Gasteiger partial charge is 0.475 e. The molecule has 11 heteroatoms. The highest BCUT2D eigenvalue weighted by Crippen LogP contribution is 2.28. The number of ether oxygens (including phenoxy) is 1. The van der Waals surface area contributed by atoms with Crippen LogP contribution in [0.15, 0.2) is 41.7 Å². The molecule has 28 heavy (non-hydrogen) atoms. The van der Waals surface area contributed by atoms with Crippen molar-refractivity contribution in [1.29, 1.82) is 0 Å². The van der Waals surface area contributed by atoms with Gasteiger partial charge in [0, 0.05) is 19.3 Å². The van der Waals surface area contributed by atoms with Crippen LogP contribution in [0.3, 0.4) is 0 Å². The zero-order valence-corrected chi connectivity index (χ0v) is 15.0. The van der Waals surface area contributed by atoms with Crippen molar-refractivity contribution in [3.05, 3.63) is 36.7 Å². The van der Waals surface area contributed by atoms with Crippen molar-refractivity contribution < 1.29 is 32.6 Å². The quantitative estimate of drug-likeness (QED) is 0.316. The van der Waals surface area contributed by atoms with Crippen LogP contribution in [0.2, 0.25) is 0 Å². The largest absolute Gasteiger partial charge is 0.573 e. The first-order chi connectivity index (χ1) is 13.1. The molecule has 0 heterocycles. The van der Waals surface area contributed by atoms with Crippen LogP contribution in [0, 0.1) is 5.92 Å². The number of benzene rings is 1. The van der Waals surface area contributed by atoms with Crippen molar-refractivity contribution in [2.45, 2.75) is 19.2 Å². The number of anilines is 1. The van der Waals surface area contributed by atoms with Gasteiger partial charge in [0.1, 0.15) is 11.6 Å². The number of carbonyl (C=O) groups excluding carboxylic acids is 1. The van der Waals surface area contributed by atoms with Gasteiger partial charge >= 0.3 is 12.3 Å². The number of aliphatic carboxylic acids is 1. The highest BCUT2D eigenvalue weighted by Gasteiger charge is 2.30. The fraction of sp³-hybridized carbons (Fsp3) is 0.353. The number of aliphatic imine (C=N–C) groups is 1. The fourth-order valence-electron chi connectivity index (χ4n) is 1.75. The molecule has 1 saturated carbocycles. The molecule has 1 aromatic carbocycles. The average Bonchev–Trinajstić information content (AvgIpc) is 3.43. The fourth-order valence-corrected chi connectivity index (χ4v) is 1.75. The molecule has 0 atom stereocenters. The minimum absolute atomic E-state index is 0.0990. The van der Waals surface area contributed by atoms with Crippen LogP contribution in [-0.4, -0.2) is 43.3 Å². The second-order valence-corrected chi connectivity index (χ2v) is 5.63. The van der Waals surface area contributed by atoms with Crippen molar-refractivity contribution in [3.8, 4) is 5.75 Å². The zero-order chi connectivity index (χ0) is 21.2. The van der Waals surface area contributed by atoms with Gasteiger partial charge in [-0.05, 0) is 43.0 Å². The number of nitrogens with zero attached hydrogens (tertiary/aromatic N) is 1. The minimum atomic E-state index is -4.62. The first-order valence-electron chi connectivity index (χ1n) is 8.12. The van der Waals surface area contributed by atoms with E-state index in [-0.39, 0.29) is 17.4 Å². The molecule has 154 valence electrons. The van der Waals surface area contributed by atoms with Crippen molar-refractivity contribution in [3.63, 3.8) is 0 Å². The van der Waals surface area contributed by atoms with E-state index in [1.165, 1.54) is 24.3 Å². The van der Waals surface area contributed by atoms with Gasteiger partial charge in [-0.1, -0.05) is 6.58 Å². The number of hydrogen-bond donors (Lipinski definition) is 4. The Balaban J connectivity index is 0.000000283. The predicted molar refractivity (Wildman–Crippen MR) is 96.8 cm³/mol. The lowest BCUT2D eigenvalue weighted by Gasteiger charge is -2.08. The molecule has 2 rings (SSSR count). The minimum Gasteiger partial charge on any atom is -0.475 e. The lowest BCUT2D eigenvalue weighted by atomic mass is 10.3. The summed E-state index contributed by atoms with van der Waals surface area (Å²) in [6, 6.07) is 5.50. The predicted octanol–water partition coefficient (Wildman–Crippen LogP) is 2.31. The molecular formula is C17H21F3N4O4. The van der Waals surface area contributed by atoms with Crippen molar-refractivity contribution >= 4 is 23.9 Å². The Hall–Kier alpha value is -3.24. The van der Waals surface area contributed by atoms with Crippen LogP contribution >= 0.6 is 0 Å².